The van der Waals surface area contributed by atoms with E-state index in [4.69, 9.17) is 4.74 Å². The number of hydrogen-bond acceptors (Lipinski definition) is 2. The Balaban J connectivity index is 2.02. The van der Waals surface area contributed by atoms with Crippen LogP contribution in [0.1, 0.15) is 38.2 Å². The molecule has 1 aliphatic carbocycles. The molecule has 0 amide bonds. The third-order valence-electron chi connectivity index (χ3n) is 3.92. The topological polar surface area (TPSA) is 21.3 Å². The predicted molar refractivity (Wildman–Crippen MR) is 72.8 cm³/mol. The first kappa shape index (κ1) is 12.3. The maximum atomic E-state index is 5.23. The molecule has 0 heterocycles. The van der Waals surface area contributed by atoms with Gasteiger partial charge in [0.1, 0.15) is 5.75 Å². The van der Waals surface area contributed by atoms with E-state index in [0.717, 1.165) is 11.7 Å². The second-order valence-corrected chi connectivity index (χ2v) is 5.16. The van der Waals surface area contributed by atoms with Crippen LogP contribution in [0.4, 0.5) is 5.69 Å². The summed E-state index contributed by atoms with van der Waals surface area (Å²) < 4.78 is 5.23. The zero-order chi connectivity index (χ0) is 12.3. The van der Waals surface area contributed by atoms with E-state index in [1.807, 2.05) is 6.07 Å². The van der Waals surface area contributed by atoms with Crippen LogP contribution in [-0.2, 0) is 0 Å². The van der Waals surface area contributed by atoms with Crippen molar-refractivity contribution in [2.45, 2.75) is 45.6 Å². The van der Waals surface area contributed by atoms with Gasteiger partial charge in [0.15, 0.2) is 0 Å². The minimum atomic E-state index is 0.574. The number of methoxy groups -OCH3 is 1. The number of rotatable bonds is 4. The number of ether oxygens (including phenoxy) is 1. The molecule has 1 fully saturated rings. The Morgan fingerprint density at radius 1 is 1.29 bits per heavy atom. The van der Waals surface area contributed by atoms with Gasteiger partial charge in [-0.3, -0.25) is 0 Å². The first-order valence-electron chi connectivity index (χ1n) is 6.62. The number of anilines is 1. The van der Waals surface area contributed by atoms with Gasteiger partial charge >= 0.3 is 0 Å². The lowest BCUT2D eigenvalue weighted by atomic mass is 9.99. The average molecular weight is 233 g/mol. The molecule has 1 unspecified atom stereocenters. The lowest BCUT2D eigenvalue weighted by Crippen LogP contribution is -2.24. The van der Waals surface area contributed by atoms with Gasteiger partial charge in [-0.1, -0.05) is 12.8 Å². The SMILES string of the molecule is COc1ccc(NC(C)C2CCCC2)c(C)c1. The van der Waals surface area contributed by atoms with Crippen molar-refractivity contribution >= 4 is 5.69 Å². The highest BCUT2D eigenvalue weighted by molar-refractivity contribution is 5.54. The lowest BCUT2D eigenvalue weighted by Gasteiger charge is -2.22. The summed E-state index contributed by atoms with van der Waals surface area (Å²) in [6.07, 6.45) is 5.56. The predicted octanol–water partition coefficient (Wildman–Crippen LogP) is 3.99. The van der Waals surface area contributed by atoms with Crippen molar-refractivity contribution in [3.63, 3.8) is 0 Å². The highest BCUT2D eigenvalue weighted by atomic mass is 16.5. The van der Waals surface area contributed by atoms with Crippen molar-refractivity contribution < 1.29 is 4.74 Å². The molecule has 1 saturated carbocycles. The van der Waals surface area contributed by atoms with Gasteiger partial charge in [0.25, 0.3) is 0 Å². The molecule has 0 aromatic heterocycles. The van der Waals surface area contributed by atoms with Crippen LogP contribution in [0.25, 0.3) is 0 Å². The second-order valence-electron chi connectivity index (χ2n) is 5.16. The van der Waals surface area contributed by atoms with E-state index in [-0.39, 0.29) is 0 Å². The van der Waals surface area contributed by atoms with Gasteiger partial charge in [-0.2, -0.15) is 0 Å². The first-order chi connectivity index (χ1) is 8.20. The van der Waals surface area contributed by atoms with E-state index in [9.17, 15) is 0 Å². The van der Waals surface area contributed by atoms with Crippen molar-refractivity contribution in [2.75, 3.05) is 12.4 Å². The van der Waals surface area contributed by atoms with Crippen LogP contribution >= 0.6 is 0 Å². The van der Waals surface area contributed by atoms with Gasteiger partial charge in [0.2, 0.25) is 0 Å². The monoisotopic (exact) mass is 233 g/mol. The largest absolute Gasteiger partial charge is 0.497 e. The van der Waals surface area contributed by atoms with E-state index in [0.29, 0.717) is 6.04 Å². The van der Waals surface area contributed by atoms with Crippen LogP contribution in [0.2, 0.25) is 0 Å². The highest BCUT2D eigenvalue weighted by Crippen LogP contribution is 2.30. The number of nitrogens with one attached hydrogen (secondary N) is 1. The highest BCUT2D eigenvalue weighted by Gasteiger charge is 2.21. The Labute approximate surface area is 104 Å². The molecule has 1 aromatic rings. The van der Waals surface area contributed by atoms with E-state index < -0.39 is 0 Å². The van der Waals surface area contributed by atoms with E-state index in [1.54, 1.807) is 7.11 Å². The van der Waals surface area contributed by atoms with E-state index >= 15 is 0 Å². The number of benzene rings is 1. The molecule has 2 rings (SSSR count). The van der Waals surface area contributed by atoms with Crippen LogP contribution < -0.4 is 10.1 Å². The molecular formula is C15H23NO. The molecule has 1 N–H and O–H groups in total. The van der Waals surface area contributed by atoms with Gasteiger partial charge < -0.3 is 10.1 Å². The summed E-state index contributed by atoms with van der Waals surface area (Å²) >= 11 is 0. The Hall–Kier alpha value is -1.18. The molecular weight excluding hydrogens is 210 g/mol. The van der Waals surface area contributed by atoms with Crippen molar-refractivity contribution in [3.05, 3.63) is 23.8 Å². The molecule has 1 aromatic carbocycles. The summed E-state index contributed by atoms with van der Waals surface area (Å²) in [6.45, 7) is 4.44. The standard InChI is InChI=1S/C15H23NO/c1-11-10-14(17-3)8-9-15(11)16-12(2)13-6-4-5-7-13/h8-10,12-13,16H,4-7H2,1-3H3. The number of aryl methyl sites for hydroxylation is 1. The minimum absolute atomic E-state index is 0.574. The third-order valence-corrected chi connectivity index (χ3v) is 3.92. The van der Waals surface area contributed by atoms with Crippen LogP contribution in [0.15, 0.2) is 18.2 Å². The molecule has 0 bridgehead atoms. The van der Waals surface area contributed by atoms with Crippen LogP contribution in [-0.4, -0.2) is 13.2 Å². The van der Waals surface area contributed by atoms with Crippen molar-refractivity contribution in [2.24, 2.45) is 5.92 Å². The Morgan fingerprint density at radius 2 is 2.00 bits per heavy atom. The summed E-state index contributed by atoms with van der Waals surface area (Å²) in [4.78, 5) is 0. The maximum Gasteiger partial charge on any atom is 0.119 e. The quantitative estimate of drug-likeness (QED) is 0.849. The summed E-state index contributed by atoms with van der Waals surface area (Å²) in [5, 5.41) is 3.65. The smallest absolute Gasteiger partial charge is 0.119 e. The van der Waals surface area contributed by atoms with Gasteiger partial charge in [-0.25, -0.2) is 0 Å². The Kier molecular flexibility index (Phi) is 3.93. The summed E-state index contributed by atoms with van der Waals surface area (Å²) in [7, 11) is 1.71. The molecule has 2 nitrogen and oxygen atoms in total. The fraction of sp³-hybridized carbons (Fsp3) is 0.600. The number of hydrogen-bond donors (Lipinski definition) is 1. The molecule has 1 atom stereocenters. The van der Waals surface area contributed by atoms with Gasteiger partial charge in [-0.05, 0) is 56.4 Å². The third kappa shape index (κ3) is 2.93. The fourth-order valence-corrected chi connectivity index (χ4v) is 2.75. The van der Waals surface area contributed by atoms with Gasteiger partial charge in [0, 0.05) is 11.7 Å². The normalized spacial score (nSPS) is 18.1. The fourth-order valence-electron chi connectivity index (χ4n) is 2.75. The zero-order valence-electron chi connectivity index (χ0n) is 11.1. The van der Waals surface area contributed by atoms with Gasteiger partial charge in [-0.15, -0.1) is 0 Å². The molecule has 94 valence electrons. The van der Waals surface area contributed by atoms with Crippen LogP contribution in [0.3, 0.4) is 0 Å². The van der Waals surface area contributed by atoms with Crippen molar-refractivity contribution in [1.29, 1.82) is 0 Å². The maximum absolute atomic E-state index is 5.23. The van der Waals surface area contributed by atoms with E-state index in [2.05, 4.69) is 31.3 Å². The molecule has 17 heavy (non-hydrogen) atoms. The molecule has 0 aliphatic heterocycles. The molecule has 0 saturated heterocycles. The lowest BCUT2D eigenvalue weighted by molar-refractivity contribution is 0.414. The molecule has 1 aliphatic rings. The van der Waals surface area contributed by atoms with Crippen molar-refractivity contribution in [1.82, 2.24) is 0 Å². The summed E-state index contributed by atoms with van der Waals surface area (Å²) in [5.74, 6) is 1.78. The van der Waals surface area contributed by atoms with Crippen molar-refractivity contribution in [3.8, 4) is 5.75 Å². The zero-order valence-corrected chi connectivity index (χ0v) is 11.1. The summed E-state index contributed by atoms with van der Waals surface area (Å²) in [5.41, 5.74) is 2.50. The Bertz CT molecular complexity index is 369. The first-order valence-corrected chi connectivity index (χ1v) is 6.62. The van der Waals surface area contributed by atoms with Crippen LogP contribution in [0, 0.1) is 12.8 Å². The molecule has 0 radical (unpaired) electrons. The van der Waals surface area contributed by atoms with Crippen LogP contribution in [0.5, 0.6) is 5.75 Å². The average Bonchev–Trinajstić information content (AvgIpc) is 2.85. The van der Waals surface area contributed by atoms with Gasteiger partial charge in [0.05, 0.1) is 7.11 Å². The molecule has 2 heteroatoms. The minimum Gasteiger partial charge on any atom is -0.497 e. The molecule has 0 spiro atoms. The van der Waals surface area contributed by atoms with E-state index in [1.165, 1.54) is 36.9 Å². The summed E-state index contributed by atoms with van der Waals surface area (Å²) in [6, 6.07) is 6.81. The Morgan fingerprint density at radius 3 is 2.59 bits per heavy atom. The second kappa shape index (κ2) is 5.44.